The average molecular weight is 201 g/mol. The van der Waals surface area contributed by atoms with Crippen LogP contribution in [0.25, 0.3) is 0 Å². The van der Waals surface area contributed by atoms with Gasteiger partial charge in [-0.3, -0.25) is 10.6 Å². The van der Waals surface area contributed by atoms with Crippen molar-refractivity contribution < 1.29 is 9.90 Å². The fourth-order valence-corrected chi connectivity index (χ4v) is 1.22. The molecule has 0 aliphatic rings. The summed E-state index contributed by atoms with van der Waals surface area (Å²) >= 11 is 5.78. The van der Waals surface area contributed by atoms with E-state index in [1.165, 1.54) is 0 Å². The van der Waals surface area contributed by atoms with Gasteiger partial charge in [0, 0.05) is 0 Å². The molecule has 0 saturated heterocycles. The van der Waals surface area contributed by atoms with E-state index in [-0.39, 0.29) is 6.42 Å². The zero-order chi connectivity index (χ0) is 9.84. The van der Waals surface area contributed by atoms with E-state index in [1.54, 1.807) is 18.2 Å². The molecule has 0 atom stereocenters. The highest BCUT2D eigenvalue weighted by molar-refractivity contribution is 6.33. The first-order valence-electron chi connectivity index (χ1n) is 3.60. The Labute approximate surface area is 80.3 Å². The van der Waals surface area contributed by atoms with Gasteiger partial charge >= 0.3 is 5.97 Å². The van der Waals surface area contributed by atoms with Gasteiger partial charge in [0.2, 0.25) is 0 Å². The largest absolute Gasteiger partial charge is 0.481 e. The second-order valence-corrected chi connectivity index (χ2v) is 2.94. The fourth-order valence-electron chi connectivity index (χ4n) is 0.960. The molecule has 0 aliphatic heterocycles. The van der Waals surface area contributed by atoms with Crippen molar-refractivity contribution in [2.24, 2.45) is 5.84 Å². The van der Waals surface area contributed by atoms with E-state index < -0.39 is 5.97 Å². The van der Waals surface area contributed by atoms with Gasteiger partial charge in [-0.1, -0.05) is 17.7 Å². The third-order valence-corrected chi connectivity index (χ3v) is 1.86. The number of rotatable bonds is 3. The lowest BCUT2D eigenvalue weighted by atomic mass is 10.1. The van der Waals surface area contributed by atoms with Crippen LogP contribution in [0.2, 0.25) is 5.02 Å². The lowest BCUT2D eigenvalue weighted by Crippen LogP contribution is -2.07. The Balaban J connectivity index is 2.89. The second-order valence-electron chi connectivity index (χ2n) is 2.53. The molecule has 70 valence electrons. The predicted molar refractivity (Wildman–Crippen MR) is 50.6 cm³/mol. The van der Waals surface area contributed by atoms with E-state index in [1.807, 2.05) is 0 Å². The number of benzene rings is 1. The summed E-state index contributed by atoms with van der Waals surface area (Å²) in [5.74, 6) is 4.27. The first-order valence-corrected chi connectivity index (χ1v) is 3.98. The Morgan fingerprint density at radius 2 is 2.31 bits per heavy atom. The molecule has 0 bridgehead atoms. The highest BCUT2D eigenvalue weighted by atomic mass is 35.5. The summed E-state index contributed by atoms with van der Waals surface area (Å²) < 4.78 is 0. The van der Waals surface area contributed by atoms with Crippen LogP contribution in [0.4, 0.5) is 5.69 Å². The Hall–Kier alpha value is -1.26. The van der Waals surface area contributed by atoms with Gasteiger partial charge < -0.3 is 10.5 Å². The van der Waals surface area contributed by atoms with Gasteiger partial charge in [0.1, 0.15) is 0 Å². The molecule has 1 aromatic rings. The molecule has 4 N–H and O–H groups in total. The van der Waals surface area contributed by atoms with E-state index >= 15 is 0 Å². The number of carbonyl (C=O) groups is 1. The standard InChI is InChI=1S/C8H9ClN2O2/c9-6-3-5(4-8(12)13)1-2-7(6)11-10/h1-3,11H,4,10H2,(H,12,13). The van der Waals surface area contributed by atoms with Gasteiger partial charge in [0.05, 0.1) is 17.1 Å². The number of hydrazine groups is 1. The van der Waals surface area contributed by atoms with Crippen molar-refractivity contribution in [2.45, 2.75) is 6.42 Å². The normalized spacial score (nSPS) is 9.69. The third kappa shape index (κ3) is 2.61. The Kier molecular flexibility index (Phi) is 3.11. The summed E-state index contributed by atoms with van der Waals surface area (Å²) in [5, 5.41) is 8.92. The van der Waals surface area contributed by atoms with E-state index in [4.69, 9.17) is 22.6 Å². The second kappa shape index (κ2) is 4.11. The van der Waals surface area contributed by atoms with Crippen LogP contribution in [-0.2, 0) is 11.2 Å². The van der Waals surface area contributed by atoms with Crippen molar-refractivity contribution in [1.82, 2.24) is 0 Å². The van der Waals surface area contributed by atoms with E-state index in [0.717, 1.165) is 0 Å². The lowest BCUT2D eigenvalue weighted by Gasteiger charge is -2.04. The maximum Gasteiger partial charge on any atom is 0.307 e. The van der Waals surface area contributed by atoms with Gasteiger partial charge in [-0.25, -0.2) is 0 Å². The Morgan fingerprint density at radius 1 is 1.62 bits per heavy atom. The SMILES string of the molecule is NNc1ccc(CC(=O)O)cc1Cl. The molecule has 0 aliphatic carbocycles. The fraction of sp³-hybridized carbons (Fsp3) is 0.125. The number of hydrogen-bond acceptors (Lipinski definition) is 3. The van der Waals surface area contributed by atoms with Crippen LogP contribution in [0.1, 0.15) is 5.56 Å². The third-order valence-electron chi connectivity index (χ3n) is 1.54. The van der Waals surface area contributed by atoms with Crippen molar-refractivity contribution in [2.75, 3.05) is 5.43 Å². The van der Waals surface area contributed by atoms with Gasteiger partial charge in [0.15, 0.2) is 0 Å². The van der Waals surface area contributed by atoms with Crippen molar-refractivity contribution in [3.8, 4) is 0 Å². The van der Waals surface area contributed by atoms with Crippen molar-refractivity contribution >= 4 is 23.3 Å². The molecule has 4 nitrogen and oxygen atoms in total. The first kappa shape index (κ1) is 9.83. The Bertz CT molecular complexity index is 328. The molecule has 13 heavy (non-hydrogen) atoms. The van der Waals surface area contributed by atoms with Crippen LogP contribution < -0.4 is 11.3 Å². The topological polar surface area (TPSA) is 75.3 Å². The molecular weight excluding hydrogens is 192 g/mol. The summed E-state index contributed by atoms with van der Waals surface area (Å²) in [7, 11) is 0. The number of nitrogens with one attached hydrogen (secondary N) is 1. The summed E-state index contributed by atoms with van der Waals surface area (Å²) in [6.45, 7) is 0. The van der Waals surface area contributed by atoms with E-state index in [0.29, 0.717) is 16.3 Å². The summed E-state index contributed by atoms with van der Waals surface area (Å²) in [6, 6.07) is 4.88. The lowest BCUT2D eigenvalue weighted by molar-refractivity contribution is -0.136. The Morgan fingerprint density at radius 3 is 2.77 bits per heavy atom. The van der Waals surface area contributed by atoms with Gasteiger partial charge in [-0.2, -0.15) is 0 Å². The van der Waals surface area contributed by atoms with Crippen LogP contribution in [0.15, 0.2) is 18.2 Å². The number of anilines is 1. The molecule has 0 fully saturated rings. The number of halogens is 1. The molecule has 1 rings (SSSR count). The number of nitrogens with two attached hydrogens (primary N) is 1. The maximum absolute atomic E-state index is 10.4. The van der Waals surface area contributed by atoms with Crippen molar-refractivity contribution in [1.29, 1.82) is 0 Å². The van der Waals surface area contributed by atoms with Gasteiger partial charge in [0.25, 0.3) is 0 Å². The first-order chi connectivity index (χ1) is 6.13. The zero-order valence-corrected chi connectivity index (χ0v) is 7.51. The smallest absolute Gasteiger partial charge is 0.307 e. The minimum Gasteiger partial charge on any atom is -0.481 e. The number of nitrogen functional groups attached to an aromatic ring is 1. The number of hydrogen-bond donors (Lipinski definition) is 3. The molecule has 0 radical (unpaired) electrons. The highest BCUT2D eigenvalue weighted by Gasteiger charge is 2.03. The molecule has 0 amide bonds. The van der Waals surface area contributed by atoms with E-state index in [2.05, 4.69) is 5.43 Å². The van der Waals surface area contributed by atoms with Crippen molar-refractivity contribution in [3.63, 3.8) is 0 Å². The predicted octanol–water partition coefficient (Wildman–Crippen LogP) is 1.25. The molecule has 0 spiro atoms. The monoisotopic (exact) mass is 200 g/mol. The summed E-state index contributed by atoms with van der Waals surface area (Å²) in [5.41, 5.74) is 3.63. The highest BCUT2D eigenvalue weighted by Crippen LogP contribution is 2.21. The molecular formula is C8H9ClN2O2. The number of carboxylic acids is 1. The van der Waals surface area contributed by atoms with Crippen LogP contribution in [0.5, 0.6) is 0 Å². The zero-order valence-electron chi connectivity index (χ0n) is 6.75. The molecule has 0 aromatic heterocycles. The average Bonchev–Trinajstić information content (AvgIpc) is 2.03. The van der Waals surface area contributed by atoms with Crippen LogP contribution >= 0.6 is 11.6 Å². The van der Waals surface area contributed by atoms with Crippen LogP contribution in [0.3, 0.4) is 0 Å². The number of carboxylic acid groups (broad SMARTS) is 1. The molecule has 0 heterocycles. The van der Waals surface area contributed by atoms with Gasteiger partial charge in [-0.05, 0) is 17.7 Å². The summed E-state index contributed by atoms with van der Waals surface area (Å²) in [6.07, 6.45) is -0.0371. The quantitative estimate of drug-likeness (QED) is 0.507. The van der Waals surface area contributed by atoms with E-state index in [9.17, 15) is 4.79 Å². The molecule has 0 unspecified atom stereocenters. The maximum atomic E-state index is 10.4. The van der Waals surface area contributed by atoms with Crippen molar-refractivity contribution in [3.05, 3.63) is 28.8 Å². The molecule has 0 saturated carbocycles. The molecule has 1 aromatic carbocycles. The minimum absolute atomic E-state index is 0.0371. The van der Waals surface area contributed by atoms with Crippen LogP contribution in [-0.4, -0.2) is 11.1 Å². The molecule has 5 heteroatoms. The summed E-state index contributed by atoms with van der Waals surface area (Å²) in [4.78, 5) is 10.4. The number of aliphatic carboxylic acids is 1. The minimum atomic E-state index is -0.885. The van der Waals surface area contributed by atoms with Crippen LogP contribution in [0, 0.1) is 0 Å². The van der Waals surface area contributed by atoms with Gasteiger partial charge in [-0.15, -0.1) is 0 Å².